The molecule has 0 bridgehead atoms. The Morgan fingerprint density at radius 1 is 1.16 bits per heavy atom. The fourth-order valence-electron chi connectivity index (χ4n) is 3.54. The summed E-state index contributed by atoms with van der Waals surface area (Å²) in [6.07, 6.45) is 2.66. The van der Waals surface area contributed by atoms with Gasteiger partial charge in [0.05, 0.1) is 13.7 Å². The molecule has 0 saturated carbocycles. The first kappa shape index (κ1) is 23.2. The highest BCUT2D eigenvalue weighted by molar-refractivity contribution is 6.31. The number of methoxy groups -OCH3 is 1. The van der Waals surface area contributed by atoms with E-state index in [-0.39, 0.29) is 0 Å². The van der Waals surface area contributed by atoms with Crippen molar-refractivity contribution in [3.63, 3.8) is 0 Å². The fourth-order valence-corrected chi connectivity index (χ4v) is 3.80. The van der Waals surface area contributed by atoms with Crippen molar-refractivity contribution in [3.8, 4) is 5.75 Å². The molecule has 31 heavy (non-hydrogen) atoms. The molecule has 1 fully saturated rings. The first-order chi connectivity index (χ1) is 15.1. The van der Waals surface area contributed by atoms with Gasteiger partial charge in [-0.2, -0.15) is 0 Å². The van der Waals surface area contributed by atoms with Crippen molar-refractivity contribution in [3.05, 3.63) is 52.7 Å². The predicted octanol–water partition coefficient (Wildman–Crippen LogP) is 2.79. The number of nitrogens with zero attached hydrogens (tertiary/aromatic N) is 4. The van der Waals surface area contributed by atoms with E-state index in [4.69, 9.17) is 21.3 Å². The third kappa shape index (κ3) is 6.74. The summed E-state index contributed by atoms with van der Waals surface area (Å²) in [6.45, 7) is 8.26. The van der Waals surface area contributed by atoms with Gasteiger partial charge in [0.1, 0.15) is 11.6 Å². The Morgan fingerprint density at radius 2 is 1.97 bits per heavy atom. The summed E-state index contributed by atoms with van der Waals surface area (Å²) in [6, 6.07) is 9.88. The van der Waals surface area contributed by atoms with Crippen molar-refractivity contribution in [1.29, 1.82) is 0 Å². The van der Waals surface area contributed by atoms with Crippen molar-refractivity contribution in [2.75, 3.05) is 58.3 Å². The summed E-state index contributed by atoms with van der Waals surface area (Å²) in [5, 5.41) is 7.45. The van der Waals surface area contributed by atoms with Gasteiger partial charge in [-0.15, -0.1) is 0 Å². The van der Waals surface area contributed by atoms with Gasteiger partial charge in [0.2, 0.25) is 0 Å². The average Bonchev–Trinajstić information content (AvgIpc) is 2.79. The van der Waals surface area contributed by atoms with Crippen LogP contribution in [0.15, 0.2) is 41.5 Å². The van der Waals surface area contributed by atoms with Crippen LogP contribution in [0.2, 0.25) is 5.02 Å². The molecular formula is C23H33ClN6O. The van der Waals surface area contributed by atoms with Crippen LogP contribution in [0, 0.1) is 0 Å². The number of aromatic nitrogens is 1. The first-order valence-electron chi connectivity index (χ1n) is 10.8. The van der Waals surface area contributed by atoms with Crippen LogP contribution in [0.4, 0.5) is 5.82 Å². The van der Waals surface area contributed by atoms with Crippen LogP contribution < -0.4 is 20.3 Å². The maximum atomic E-state index is 6.36. The highest BCUT2D eigenvalue weighted by Crippen LogP contribution is 2.22. The van der Waals surface area contributed by atoms with Gasteiger partial charge in [0, 0.05) is 56.1 Å². The Bertz CT molecular complexity index is 867. The van der Waals surface area contributed by atoms with Crippen LogP contribution >= 0.6 is 11.6 Å². The van der Waals surface area contributed by atoms with Gasteiger partial charge >= 0.3 is 0 Å². The maximum absolute atomic E-state index is 6.36. The van der Waals surface area contributed by atoms with Crippen LogP contribution in [0.3, 0.4) is 0 Å². The SMILES string of the molecule is CCNC(=NCc1cccnc1N1CCN(C)CC1)NCCc1ccc(OC)cc1Cl. The zero-order valence-corrected chi connectivity index (χ0v) is 19.5. The molecule has 1 aliphatic heterocycles. The second kappa shape index (κ2) is 11.8. The Hall–Kier alpha value is -2.51. The zero-order chi connectivity index (χ0) is 22.1. The van der Waals surface area contributed by atoms with E-state index < -0.39 is 0 Å². The van der Waals surface area contributed by atoms with E-state index in [0.29, 0.717) is 6.54 Å². The van der Waals surface area contributed by atoms with Crippen molar-refractivity contribution in [2.24, 2.45) is 4.99 Å². The highest BCUT2D eigenvalue weighted by atomic mass is 35.5. The molecule has 0 amide bonds. The summed E-state index contributed by atoms with van der Waals surface area (Å²) in [5.74, 6) is 2.60. The number of anilines is 1. The smallest absolute Gasteiger partial charge is 0.191 e. The summed E-state index contributed by atoms with van der Waals surface area (Å²) < 4.78 is 5.22. The van der Waals surface area contributed by atoms with Gasteiger partial charge in [-0.1, -0.05) is 23.7 Å². The number of hydrogen-bond acceptors (Lipinski definition) is 5. The number of likely N-dealkylation sites (N-methyl/N-ethyl adjacent to an activating group) is 1. The molecule has 0 aliphatic carbocycles. The molecule has 0 atom stereocenters. The number of aliphatic imine (C=N–C) groups is 1. The number of rotatable bonds is 8. The van der Waals surface area contributed by atoms with Crippen molar-refractivity contribution < 1.29 is 4.74 Å². The van der Waals surface area contributed by atoms with E-state index in [1.165, 1.54) is 0 Å². The van der Waals surface area contributed by atoms with Crippen LogP contribution in [-0.4, -0.2) is 69.3 Å². The van der Waals surface area contributed by atoms with E-state index in [1.54, 1.807) is 7.11 Å². The largest absolute Gasteiger partial charge is 0.497 e. The lowest BCUT2D eigenvalue weighted by Gasteiger charge is -2.34. The molecule has 2 heterocycles. The number of nitrogens with one attached hydrogen (secondary N) is 2. The Labute approximate surface area is 190 Å². The van der Waals surface area contributed by atoms with Gasteiger partial charge in [-0.05, 0) is 44.2 Å². The molecule has 2 N–H and O–H groups in total. The van der Waals surface area contributed by atoms with E-state index in [9.17, 15) is 0 Å². The standard InChI is InChI=1S/C23H33ClN6O/c1-4-25-23(27-11-9-18-7-8-20(31-3)16-21(18)24)28-17-19-6-5-10-26-22(19)30-14-12-29(2)13-15-30/h5-8,10,16H,4,9,11-15,17H2,1-3H3,(H2,25,27,28). The molecule has 0 unspecified atom stereocenters. The second-order valence-corrected chi connectivity index (χ2v) is 8.01. The molecular weight excluding hydrogens is 412 g/mol. The molecule has 1 aromatic carbocycles. The molecule has 8 heteroatoms. The quantitative estimate of drug-likeness (QED) is 0.482. The fraction of sp³-hybridized carbons (Fsp3) is 0.478. The number of piperazine rings is 1. The number of benzene rings is 1. The number of pyridine rings is 1. The lowest BCUT2D eigenvalue weighted by Crippen LogP contribution is -2.45. The van der Waals surface area contributed by atoms with Gasteiger partial charge < -0.3 is 25.2 Å². The maximum Gasteiger partial charge on any atom is 0.191 e. The Kier molecular flexibility index (Phi) is 8.79. The normalized spacial score (nSPS) is 15.1. The summed E-state index contributed by atoms with van der Waals surface area (Å²) in [4.78, 5) is 14.2. The van der Waals surface area contributed by atoms with Crippen LogP contribution in [-0.2, 0) is 13.0 Å². The van der Waals surface area contributed by atoms with Crippen LogP contribution in [0.1, 0.15) is 18.1 Å². The molecule has 3 rings (SSSR count). The molecule has 1 aromatic heterocycles. The van der Waals surface area contributed by atoms with E-state index in [0.717, 1.165) is 79.4 Å². The van der Waals surface area contributed by atoms with Gasteiger partial charge in [-0.3, -0.25) is 0 Å². The van der Waals surface area contributed by atoms with Gasteiger partial charge in [-0.25, -0.2) is 9.98 Å². The molecule has 1 saturated heterocycles. The van der Waals surface area contributed by atoms with Crippen LogP contribution in [0.5, 0.6) is 5.75 Å². The minimum absolute atomic E-state index is 0.578. The van der Waals surface area contributed by atoms with Crippen molar-refractivity contribution in [1.82, 2.24) is 20.5 Å². The molecule has 1 aliphatic rings. The Balaban J connectivity index is 1.61. The number of halogens is 1. The minimum atomic E-state index is 0.578. The monoisotopic (exact) mass is 444 g/mol. The number of guanidine groups is 1. The number of hydrogen-bond donors (Lipinski definition) is 2. The molecule has 2 aromatic rings. The third-order valence-electron chi connectivity index (χ3n) is 5.37. The lowest BCUT2D eigenvalue weighted by molar-refractivity contribution is 0.312. The van der Waals surface area contributed by atoms with E-state index in [1.807, 2.05) is 30.5 Å². The topological polar surface area (TPSA) is 65.0 Å². The highest BCUT2D eigenvalue weighted by Gasteiger charge is 2.17. The first-order valence-corrected chi connectivity index (χ1v) is 11.2. The summed E-state index contributed by atoms with van der Waals surface area (Å²) in [7, 11) is 3.80. The van der Waals surface area contributed by atoms with Crippen molar-refractivity contribution >= 4 is 23.4 Å². The summed E-state index contributed by atoms with van der Waals surface area (Å²) in [5.41, 5.74) is 2.22. The van der Waals surface area contributed by atoms with E-state index in [2.05, 4.69) is 45.5 Å². The zero-order valence-electron chi connectivity index (χ0n) is 18.7. The molecule has 7 nitrogen and oxygen atoms in total. The predicted molar refractivity (Wildman–Crippen MR) is 128 cm³/mol. The van der Waals surface area contributed by atoms with E-state index >= 15 is 0 Å². The van der Waals surface area contributed by atoms with Crippen LogP contribution in [0.25, 0.3) is 0 Å². The summed E-state index contributed by atoms with van der Waals surface area (Å²) >= 11 is 6.36. The minimum Gasteiger partial charge on any atom is -0.497 e. The second-order valence-electron chi connectivity index (χ2n) is 7.61. The lowest BCUT2D eigenvalue weighted by atomic mass is 10.1. The molecule has 0 spiro atoms. The Morgan fingerprint density at radius 3 is 2.68 bits per heavy atom. The average molecular weight is 445 g/mol. The van der Waals surface area contributed by atoms with Gasteiger partial charge in [0.15, 0.2) is 5.96 Å². The third-order valence-corrected chi connectivity index (χ3v) is 5.72. The van der Waals surface area contributed by atoms with Gasteiger partial charge in [0.25, 0.3) is 0 Å². The van der Waals surface area contributed by atoms with Crippen molar-refractivity contribution in [2.45, 2.75) is 19.9 Å². The number of ether oxygens (including phenoxy) is 1. The molecule has 0 radical (unpaired) electrons. The molecule has 168 valence electrons.